The Balaban J connectivity index is 2.07. The average Bonchev–Trinajstić information content (AvgIpc) is 2.88. The molecule has 0 aliphatic rings. The van der Waals surface area contributed by atoms with E-state index >= 15 is 0 Å². The third kappa shape index (κ3) is 1.86. The highest BCUT2D eigenvalue weighted by molar-refractivity contribution is 5.86. The summed E-state index contributed by atoms with van der Waals surface area (Å²) in [6, 6.07) is 15.1. The van der Waals surface area contributed by atoms with Gasteiger partial charge in [0, 0.05) is 5.56 Å². The van der Waals surface area contributed by atoms with Gasteiger partial charge in [0.15, 0.2) is 0 Å². The van der Waals surface area contributed by atoms with Crippen LogP contribution in [0.2, 0.25) is 0 Å². The van der Waals surface area contributed by atoms with Crippen molar-refractivity contribution in [2.45, 2.75) is 6.43 Å². The molecular weight excluding hydrogens is 234 g/mol. The first kappa shape index (κ1) is 10.9. The molecular formula is C14H10F2N2. The molecule has 18 heavy (non-hydrogen) atoms. The Bertz CT molecular complexity index is 689. The maximum absolute atomic E-state index is 12.5. The van der Waals surface area contributed by atoms with Crippen molar-refractivity contribution in [1.82, 2.24) is 10.2 Å². The lowest BCUT2D eigenvalue weighted by Crippen LogP contribution is -1.81. The molecule has 0 atom stereocenters. The summed E-state index contributed by atoms with van der Waals surface area (Å²) in [5.74, 6) is 0. The Morgan fingerprint density at radius 1 is 0.944 bits per heavy atom. The van der Waals surface area contributed by atoms with Gasteiger partial charge in [0.1, 0.15) is 5.69 Å². The molecule has 0 unspecified atom stereocenters. The number of halogens is 2. The van der Waals surface area contributed by atoms with Crippen molar-refractivity contribution in [1.29, 1.82) is 0 Å². The molecule has 2 aromatic carbocycles. The van der Waals surface area contributed by atoms with Crippen LogP contribution < -0.4 is 0 Å². The number of benzene rings is 2. The van der Waals surface area contributed by atoms with Crippen molar-refractivity contribution in [3.63, 3.8) is 0 Å². The average molecular weight is 244 g/mol. The van der Waals surface area contributed by atoms with Crippen molar-refractivity contribution < 1.29 is 8.78 Å². The maximum atomic E-state index is 12.5. The quantitative estimate of drug-likeness (QED) is 0.720. The second-order valence-electron chi connectivity index (χ2n) is 4.07. The van der Waals surface area contributed by atoms with Crippen LogP contribution in [0.25, 0.3) is 22.0 Å². The molecule has 1 heterocycles. The van der Waals surface area contributed by atoms with E-state index in [2.05, 4.69) is 10.2 Å². The van der Waals surface area contributed by atoms with Gasteiger partial charge in [0.05, 0.1) is 5.69 Å². The molecule has 0 fully saturated rings. The summed E-state index contributed by atoms with van der Waals surface area (Å²) in [7, 11) is 0. The number of hydrogen-bond donors (Lipinski definition) is 1. The summed E-state index contributed by atoms with van der Waals surface area (Å²) in [6.45, 7) is 0. The fraction of sp³-hybridized carbons (Fsp3) is 0.0714. The molecule has 0 aliphatic carbocycles. The molecule has 4 heteroatoms. The zero-order valence-corrected chi connectivity index (χ0v) is 9.40. The lowest BCUT2D eigenvalue weighted by Gasteiger charge is -2.00. The summed E-state index contributed by atoms with van der Waals surface area (Å²) < 4.78 is 25.0. The van der Waals surface area contributed by atoms with Crippen LogP contribution >= 0.6 is 0 Å². The Kier molecular flexibility index (Phi) is 2.55. The number of aromatic nitrogens is 2. The van der Waals surface area contributed by atoms with E-state index in [0.29, 0.717) is 5.69 Å². The summed E-state index contributed by atoms with van der Waals surface area (Å²) in [5.41, 5.74) is 1.21. The van der Waals surface area contributed by atoms with Gasteiger partial charge in [0.2, 0.25) is 0 Å². The fourth-order valence-corrected chi connectivity index (χ4v) is 1.94. The van der Waals surface area contributed by atoms with Gasteiger partial charge in [-0.15, -0.1) is 0 Å². The van der Waals surface area contributed by atoms with Crippen LogP contribution in [0, 0.1) is 0 Å². The molecule has 0 amide bonds. The SMILES string of the molecule is FC(F)c1cc(-c2ccc3ccccc3c2)n[nH]1. The topological polar surface area (TPSA) is 28.7 Å². The summed E-state index contributed by atoms with van der Waals surface area (Å²) in [4.78, 5) is 0. The maximum Gasteiger partial charge on any atom is 0.279 e. The third-order valence-corrected chi connectivity index (χ3v) is 2.88. The number of aromatic amines is 1. The van der Waals surface area contributed by atoms with Crippen LogP contribution in [-0.4, -0.2) is 10.2 Å². The number of rotatable bonds is 2. The Morgan fingerprint density at radius 2 is 1.72 bits per heavy atom. The van der Waals surface area contributed by atoms with Crippen LogP contribution in [0.5, 0.6) is 0 Å². The summed E-state index contributed by atoms with van der Waals surface area (Å²) in [6.07, 6.45) is -2.52. The number of nitrogens with zero attached hydrogens (tertiary/aromatic N) is 1. The lowest BCUT2D eigenvalue weighted by atomic mass is 10.1. The molecule has 3 aromatic rings. The predicted molar refractivity (Wildman–Crippen MR) is 66.5 cm³/mol. The van der Waals surface area contributed by atoms with Gasteiger partial charge < -0.3 is 0 Å². The number of nitrogens with one attached hydrogen (secondary N) is 1. The summed E-state index contributed by atoms with van der Waals surface area (Å²) in [5, 5.41) is 8.44. The van der Waals surface area contributed by atoms with Crippen molar-refractivity contribution >= 4 is 10.8 Å². The molecule has 0 bridgehead atoms. The van der Waals surface area contributed by atoms with E-state index in [9.17, 15) is 8.78 Å². The minimum Gasteiger partial charge on any atom is -0.276 e. The van der Waals surface area contributed by atoms with Gasteiger partial charge in [-0.3, -0.25) is 5.10 Å². The Labute approximate surface area is 102 Å². The molecule has 0 saturated carbocycles. The minimum atomic E-state index is -2.52. The van der Waals surface area contributed by atoms with E-state index in [4.69, 9.17) is 0 Å². The minimum absolute atomic E-state index is 0.154. The largest absolute Gasteiger partial charge is 0.279 e. The molecule has 2 nitrogen and oxygen atoms in total. The Morgan fingerprint density at radius 3 is 2.44 bits per heavy atom. The first-order valence-electron chi connectivity index (χ1n) is 5.57. The molecule has 0 saturated heterocycles. The number of fused-ring (bicyclic) bond motifs is 1. The summed E-state index contributed by atoms with van der Waals surface area (Å²) >= 11 is 0. The van der Waals surface area contributed by atoms with E-state index in [1.54, 1.807) is 0 Å². The second-order valence-corrected chi connectivity index (χ2v) is 4.07. The van der Waals surface area contributed by atoms with Crippen LogP contribution in [0.15, 0.2) is 48.5 Å². The molecule has 3 rings (SSSR count). The van der Waals surface area contributed by atoms with Crippen LogP contribution in [-0.2, 0) is 0 Å². The normalized spacial score (nSPS) is 11.3. The first-order chi connectivity index (χ1) is 8.74. The van der Waals surface area contributed by atoms with Crippen molar-refractivity contribution in [2.24, 2.45) is 0 Å². The van der Waals surface area contributed by atoms with Gasteiger partial charge in [0.25, 0.3) is 6.43 Å². The first-order valence-corrected chi connectivity index (χ1v) is 5.57. The van der Waals surface area contributed by atoms with Gasteiger partial charge in [-0.1, -0.05) is 36.4 Å². The zero-order valence-electron chi connectivity index (χ0n) is 9.40. The fourth-order valence-electron chi connectivity index (χ4n) is 1.94. The second kappa shape index (κ2) is 4.22. The van der Waals surface area contributed by atoms with Gasteiger partial charge in [-0.05, 0) is 22.9 Å². The highest BCUT2D eigenvalue weighted by atomic mass is 19.3. The number of H-pyrrole nitrogens is 1. The van der Waals surface area contributed by atoms with Crippen molar-refractivity contribution in [3.8, 4) is 11.3 Å². The number of alkyl halides is 2. The van der Waals surface area contributed by atoms with Crippen LogP contribution in [0.4, 0.5) is 8.78 Å². The smallest absolute Gasteiger partial charge is 0.276 e. The van der Waals surface area contributed by atoms with E-state index in [1.807, 2.05) is 42.5 Å². The third-order valence-electron chi connectivity index (χ3n) is 2.88. The zero-order chi connectivity index (χ0) is 12.5. The molecule has 90 valence electrons. The van der Waals surface area contributed by atoms with Crippen LogP contribution in [0.1, 0.15) is 12.1 Å². The van der Waals surface area contributed by atoms with Crippen molar-refractivity contribution in [3.05, 3.63) is 54.2 Å². The molecule has 0 radical (unpaired) electrons. The lowest BCUT2D eigenvalue weighted by molar-refractivity contribution is 0.146. The monoisotopic (exact) mass is 244 g/mol. The van der Waals surface area contributed by atoms with Gasteiger partial charge in [-0.25, -0.2) is 8.78 Å². The standard InChI is InChI=1S/C14H10F2N2/c15-14(16)13-8-12(17-18-13)11-6-5-9-3-1-2-4-10(9)7-11/h1-8,14H,(H,17,18). The molecule has 0 spiro atoms. The van der Waals surface area contributed by atoms with E-state index in [0.717, 1.165) is 16.3 Å². The highest BCUT2D eigenvalue weighted by Gasteiger charge is 2.11. The van der Waals surface area contributed by atoms with Gasteiger partial charge >= 0.3 is 0 Å². The molecule has 1 aromatic heterocycles. The van der Waals surface area contributed by atoms with Gasteiger partial charge in [-0.2, -0.15) is 5.10 Å². The van der Waals surface area contributed by atoms with E-state index < -0.39 is 6.43 Å². The number of hydrogen-bond acceptors (Lipinski definition) is 1. The highest BCUT2D eigenvalue weighted by Crippen LogP contribution is 2.26. The van der Waals surface area contributed by atoms with Crippen LogP contribution in [0.3, 0.4) is 0 Å². The van der Waals surface area contributed by atoms with E-state index in [1.165, 1.54) is 6.07 Å². The predicted octanol–water partition coefficient (Wildman–Crippen LogP) is 4.17. The van der Waals surface area contributed by atoms with E-state index in [-0.39, 0.29) is 5.69 Å². The molecule has 1 N–H and O–H groups in total. The molecule has 0 aliphatic heterocycles. The van der Waals surface area contributed by atoms with Crippen molar-refractivity contribution in [2.75, 3.05) is 0 Å². The Hall–Kier alpha value is -2.23.